The van der Waals surface area contributed by atoms with Crippen molar-refractivity contribution in [3.63, 3.8) is 0 Å². The average molecular weight is 347 g/mol. The highest BCUT2D eigenvalue weighted by Crippen LogP contribution is 2.23. The minimum Gasteiger partial charge on any atom is -0.459 e. The second-order valence-electron chi connectivity index (χ2n) is 6.93. The minimum absolute atomic E-state index is 0.0643. The first-order valence-electron chi connectivity index (χ1n) is 9.19. The molecular formula is C17H29N7O. The zero-order chi connectivity index (χ0) is 17.8. The van der Waals surface area contributed by atoms with Gasteiger partial charge >= 0.3 is 6.01 Å². The second-order valence-corrected chi connectivity index (χ2v) is 6.93. The maximum Gasteiger partial charge on any atom is 0.336 e. The molecule has 1 saturated heterocycles. The molecule has 3 rings (SSSR count). The van der Waals surface area contributed by atoms with E-state index in [1.165, 1.54) is 0 Å². The Bertz CT molecular complexity index is 694. The number of ether oxygens (including phenoxy) is 1. The number of piperidine rings is 1. The normalized spacial score (nSPS) is 17.9. The summed E-state index contributed by atoms with van der Waals surface area (Å²) in [6.07, 6.45) is 7.14. The van der Waals surface area contributed by atoms with Crippen LogP contribution in [0.1, 0.15) is 45.2 Å². The summed E-state index contributed by atoms with van der Waals surface area (Å²) in [4.78, 5) is 10.9. The number of nitrogens with zero attached hydrogens (tertiary/aromatic N) is 5. The molecule has 8 nitrogen and oxygen atoms in total. The van der Waals surface area contributed by atoms with Crippen LogP contribution in [0.25, 0.3) is 5.65 Å². The monoisotopic (exact) mass is 347 g/mol. The molecule has 25 heavy (non-hydrogen) atoms. The van der Waals surface area contributed by atoms with E-state index in [-0.39, 0.29) is 6.10 Å². The van der Waals surface area contributed by atoms with E-state index < -0.39 is 0 Å². The van der Waals surface area contributed by atoms with Crippen LogP contribution in [0.2, 0.25) is 0 Å². The Kier molecular flexibility index (Phi) is 5.70. The lowest BCUT2D eigenvalue weighted by Crippen LogP contribution is -2.38. The highest BCUT2D eigenvalue weighted by atomic mass is 16.5. The van der Waals surface area contributed by atoms with Crippen LogP contribution in [0.4, 0.5) is 5.82 Å². The van der Waals surface area contributed by atoms with Gasteiger partial charge in [0.05, 0.1) is 18.0 Å². The molecule has 3 heterocycles. The van der Waals surface area contributed by atoms with Gasteiger partial charge in [-0.2, -0.15) is 4.98 Å². The SMILES string of the molecule is CCC[C@H](C)Oc1nc(N)c2ncc(CC3CCN(CN)CC3)n2n1. The Labute approximate surface area is 148 Å². The van der Waals surface area contributed by atoms with Crippen LogP contribution in [-0.4, -0.2) is 50.3 Å². The highest BCUT2D eigenvalue weighted by molar-refractivity contribution is 5.59. The van der Waals surface area contributed by atoms with Gasteiger partial charge in [0, 0.05) is 6.67 Å². The lowest BCUT2D eigenvalue weighted by Gasteiger charge is -2.30. The summed E-state index contributed by atoms with van der Waals surface area (Å²) in [5, 5.41) is 4.53. The molecule has 1 aliphatic rings. The molecule has 0 unspecified atom stereocenters. The van der Waals surface area contributed by atoms with Crippen molar-refractivity contribution in [3.05, 3.63) is 11.9 Å². The lowest BCUT2D eigenvalue weighted by molar-refractivity contribution is 0.185. The van der Waals surface area contributed by atoms with Crippen LogP contribution in [0.15, 0.2) is 6.20 Å². The quantitative estimate of drug-likeness (QED) is 0.780. The fourth-order valence-corrected chi connectivity index (χ4v) is 3.43. The Morgan fingerprint density at radius 3 is 2.80 bits per heavy atom. The summed E-state index contributed by atoms with van der Waals surface area (Å²) >= 11 is 0. The number of hydrogen-bond acceptors (Lipinski definition) is 7. The average Bonchev–Trinajstić information content (AvgIpc) is 2.99. The molecule has 0 bridgehead atoms. The summed E-state index contributed by atoms with van der Waals surface area (Å²) in [6.45, 7) is 6.90. The summed E-state index contributed by atoms with van der Waals surface area (Å²) in [5.41, 5.74) is 13.4. The fourth-order valence-electron chi connectivity index (χ4n) is 3.43. The minimum atomic E-state index is 0.0643. The van der Waals surface area contributed by atoms with Crippen LogP contribution in [-0.2, 0) is 6.42 Å². The van der Waals surface area contributed by atoms with Gasteiger partial charge in [0.2, 0.25) is 0 Å². The third-order valence-electron chi connectivity index (χ3n) is 4.90. The smallest absolute Gasteiger partial charge is 0.336 e. The molecule has 2 aromatic heterocycles. The van der Waals surface area contributed by atoms with Crippen molar-refractivity contribution in [1.82, 2.24) is 24.5 Å². The molecule has 0 saturated carbocycles. The molecule has 0 aromatic carbocycles. The number of nitrogens with two attached hydrogens (primary N) is 2. The summed E-state index contributed by atoms with van der Waals surface area (Å²) in [7, 11) is 0. The van der Waals surface area contributed by atoms with Crippen molar-refractivity contribution < 1.29 is 4.74 Å². The van der Waals surface area contributed by atoms with Crippen molar-refractivity contribution in [2.45, 2.75) is 52.1 Å². The Balaban J connectivity index is 1.76. The predicted molar refractivity (Wildman–Crippen MR) is 97.2 cm³/mol. The van der Waals surface area contributed by atoms with Crippen molar-refractivity contribution in [3.8, 4) is 6.01 Å². The molecule has 8 heteroatoms. The third-order valence-corrected chi connectivity index (χ3v) is 4.90. The van der Waals surface area contributed by atoms with Gasteiger partial charge in [-0.05, 0) is 51.6 Å². The van der Waals surface area contributed by atoms with Crippen LogP contribution in [0.3, 0.4) is 0 Å². The van der Waals surface area contributed by atoms with E-state index in [2.05, 4.69) is 26.9 Å². The lowest BCUT2D eigenvalue weighted by atomic mass is 9.92. The number of imidazole rings is 1. The number of rotatable bonds is 7. The maximum atomic E-state index is 6.05. The van der Waals surface area contributed by atoms with E-state index in [1.807, 2.05) is 13.1 Å². The molecule has 0 amide bonds. The van der Waals surface area contributed by atoms with E-state index in [1.54, 1.807) is 4.52 Å². The van der Waals surface area contributed by atoms with E-state index in [9.17, 15) is 0 Å². The van der Waals surface area contributed by atoms with E-state index >= 15 is 0 Å². The number of anilines is 1. The number of fused-ring (bicyclic) bond motifs is 1. The van der Waals surface area contributed by atoms with Crippen LogP contribution in [0.5, 0.6) is 6.01 Å². The van der Waals surface area contributed by atoms with Crippen molar-refractivity contribution >= 4 is 11.5 Å². The first kappa shape index (κ1) is 17.9. The van der Waals surface area contributed by atoms with Gasteiger partial charge in [-0.25, -0.2) is 9.50 Å². The van der Waals surface area contributed by atoms with Crippen LogP contribution in [0, 0.1) is 5.92 Å². The molecule has 1 atom stereocenters. The topological polar surface area (TPSA) is 108 Å². The molecule has 4 N–H and O–H groups in total. The third kappa shape index (κ3) is 4.19. The van der Waals surface area contributed by atoms with Gasteiger partial charge < -0.3 is 16.2 Å². The first-order chi connectivity index (χ1) is 12.1. The first-order valence-corrected chi connectivity index (χ1v) is 9.19. The van der Waals surface area contributed by atoms with Crippen molar-refractivity contribution in [2.75, 3.05) is 25.5 Å². The number of aromatic nitrogens is 4. The van der Waals surface area contributed by atoms with E-state index in [0.29, 0.717) is 30.1 Å². The molecule has 138 valence electrons. The second kappa shape index (κ2) is 7.97. The van der Waals surface area contributed by atoms with E-state index in [4.69, 9.17) is 16.2 Å². The summed E-state index contributed by atoms with van der Waals surface area (Å²) in [6, 6.07) is 0.322. The number of likely N-dealkylation sites (tertiary alicyclic amines) is 1. The Morgan fingerprint density at radius 1 is 1.36 bits per heavy atom. The standard InChI is InChI=1S/C17H29N7O/c1-3-4-12(2)25-17-21-15(19)16-20-10-14(24(16)22-17)9-13-5-7-23(11-18)8-6-13/h10,12-13H,3-9,11,18H2,1-2H3,(H2,19,21,22)/t12-/m0/s1. The molecular weight excluding hydrogens is 318 g/mol. The molecule has 0 radical (unpaired) electrons. The molecule has 0 aliphatic carbocycles. The molecule has 1 fully saturated rings. The van der Waals surface area contributed by atoms with Gasteiger partial charge in [0.15, 0.2) is 11.5 Å². The molecule has 2 aromatic rings. The Morgan fingerprint density at radius 2 is 2.12 bits per heavy atom. The van der Waals surface area contributed by atoms with Gasteiger partial charge in [0.25, 0.3) is 0 Å². The molecule has 1 aliphatic heterocycles. The molecule has 0 spiro atoms. The van der Waals surface area contributed by atoms with Gasteiger partial charge in [-0.1, -0.05) is 13.3 Å². The number of nitrogen functional groups attached to an aromatic ring is 1. The largest absolute Gasteiger partial charge is 0.459 e. The van der Waals surface area contributed by atoms with Crippen LogP contribution >= 0.6 is 0 Å². The summed E-state index contributed by atoms with van der Waals surface area (Å²) in [5.74, 6) is 0.972. The van der Waals surface area contributed by atoms with Crippen molar-refractivity contribution in [1.29, 1.82) is 0 Å². The van der Waals surface area contributed by atoms with E-state index in [0.717, 1.165) is 50.9 Å². The maximum absolute atomic E-state index is 6.05. The van der Waals surface area contributed by atoms with Gasteiger partial charge in [-0.15, -0.1) is 5.10 Å². The van der Waals surface area contributed by atoms with Gasteiger partial charge in [-0.3, -0.25) is 4.90 Å². The number of hydrogen-bond donors (Lipinski definition) is 2. The highest BCUT2D eigenvalue weighted by Gasteiger charge is 2.21. The fraction of sp³-hybridized carbons (Fsp3) is 0.706. The Hall–Kier alpha value is -1.93. The van der Waals surface area contributed by atoms with Gasteiger partial charge in [0.1, 0.15) is 0 Å². The van der Waals surface area contributed by atoms with Crippen LogP contribution < -0.4 is 16.2 Å². The summed E-state index contributed by atoms with van der Waals surface area (Å²) < 4.78 is 7.61. The zero-order valence-electron chi connectivity index (χ0n) is 15.2. The zero-order valence-corrected chi connectivity index (χ0v) is 15.2. The predicted octanol–water partition coefficient (Wildman–Crippen LogP) is 1.44. The van der Waals surface area contributed by atoms with Crippen molar-refractivity contribution in [2.24, 2.45) is 11.7 Å².